The van der Waals surface area contributed by atoms with Crippen molar-refractivity contribution >= 4 is 51.3 Å². The Morgan fingerprint density at radius 1 is 0.970 bits per heavy atom. The largest absolute Gasteiger partial charge is 0.486 e. The molecule has 0 aliphatic carbocycles. The Balaban J connectivity index is 1.56. The van der Waals surface area contributed by atoms with Crippen LogP contribution in [0.4, 0.5) is 5.69 Å². The van der Waals surface area contributed by atoms with Crippen LogP contribution in [0, 0.1) is 21.4 Å². The minimum Gasteiger partial charge on any atom is -0.486 e. The number of allylic oxidation sites excluding steroid dienone is 1. The topological polar surface area (TPSA) is 76.2 Å². The Morgan fingerprint density at radius 2 is 1.64 bits per heavy atom. The highest BCUT2D eigenvalue weighted by Gasteiger charge is 2.12. The molecule has 0 aliphatic heterocycles. The fourth-order valence-electron chi connectivity index (χ4n) is 3.37. The molecule has 0 saturated heterocycles. The van der Waals surface area contributed by atoms with E-state index in [1.807, 2.05) is 42.5 Å². The molecule has 0 radical (unpaired) electrons. The van der Waals surface area contributed by atoms with Crippen molar-refractivity contribution in [3.8, 4) is 11.8 Å². The zero-order chi connectivity index (χ0) is 23.4. The third-order valence-corrected chi connectivity index (χ3v) is 5.60. The van der Waals surface area contributed by atoms with Crippen LogP contribution >= 0.6 is 23.2 Å². The highest BCUT2D eigenvalue weighted by Crippen LogP contribution is 2.36. The Labute approximate surface area is 200 Å². The maximum Gasteiger partial charge on any atom is 0.269 e. The Morgan fingerprint density at radius 3 is 2.27 bits per heavy atom. The number of halogens is 2. The van der Waals surface area contributed by atoms with E-state index >= 15 is 0 Å². The second-order valence-electron chi connectivity index (χ2n) is 7.26. The van der Waals surface area contributed by atoms with Crippen LogP contribution in [0.2, 0.25) is 10.0 Å². The Bertz CT molecular complexity index is 1400. The van der Waals surface area contributed by atoms with Crippen LogP contribution in [0.1, 0.15) is 16.7 Å². The first-order valence-electron chi connectivity index (χ1n) is 9.91. The van der Waals surface area contributed by atoms with Crippen molar-refractivity contribution in [2.75, 3.05) is 0 Å². The maximum absolute atomic E-state index is 10.8. The normalized spacial score (nSPS) is 11.2. The molecule has 0 amide bonds. The average Bonchev–Trinajstić information content (AvgIpc) is 2.82. The van der Waals surface area contributed by atoms with E-state index in [2.05, 4.69) is 6.07 Å². The number of nitro groups is 1. The molecule has 0 spiro atoms. The molecule has 0 aromatic heterocycles. The number of ether oxygens (including phenoxy) is 1. The summed E-state index contributed by atoms with van der Waals surface area (Å²) < 4.78 is 5.75. The average molecular weight is 475 g/mol. The molecule has 4 aromatic carbocycles. The molecule has 5 nitrogen and oxygen atoms in total. The molecule has 162 valence electrons. The summed E-state index contributed by atoms with van der Waals surface area (Å²) >= 11 is 12.8. The summed E-state index contributed by atoms with van der Waals surface area (Å²) in [5.74, 6) is 0.304. The van der Waals surface area contributed by atoms with E-state index < -0.39 is 4.92 Å². The standard InChI is InChI=1S/C26H16Cl2N2O3/c27-24-12-18(11-22(15-29)21-8-7-19-3-1-2-4-20(19)14-21)13-25(28)26(24)33-16-17-5-9-23(10-6-17)30(31)32/h1-14H,16H2/b22-11-. The SMILES string of the molecule is N#C/C(=C/c1cc(Cl)c(OCc2ccc([N+](=O)[O-])cc2)c(Cl)c1)c1ccc2ccccc2c1. The number of hydrogen-bond donors (Lipinski definition) is 0. The van der Waals surface area contributed by atoms with Gasteiger partial charge in [-0.15, -0.1) is 0 Å². The molecule has 0 saturated carbocycles. The molecule has 0 bridgehead atoms. The Hall–Kier alpha value is -3.85. The highest BCUT2D eigenvalue weighted by atomic mass is 35.5. The fraction of sp³-hybridized carbons (Fsp3) is 0.0385. The summed E-state index contributed by atoms with van der Waals surface area (Å²) in [6, 6.07) is 25.4. The van der Waals surface area contributed by atoms with Crippen LogP contribution in [0.3, 0.4) is 0 Å². The van der Waals surface area contributed by atoms with Crippen molar-refractivity contribution in [3.05, 3.63) is 116 Å². The van der Waals surface area contributed by atoms with Gasteiger partial charge in [0.15, 0.2) is 5.75 Å². The van der Waals surface area contributed by atoms with Crippen LogP contribution < -0.4 is 4.74 Å². The van der Waals surface area contributed by atoms with Gasteiger partial charge in [-0.05, 0) is 63.9 Å². The first-order valence-corrected chi connectivity index (χ1v) is 10.7. The zero-order valence-corrected chi connectivity index (χ0v) is 18.7. The molecule has 33 heavy (non-hydrogen) atoms. The molecule has 7 heteroatoms. The van der Waals surface area contributed by atoms with E-state index in [0.29, 0.717) is 26.9 Å². The molecule has 0 aliphatic rings. The van der Waals surface area contributed by atoms with Crippen molar-refractivity contribution < 1.29 is 9.66 Å². The van der Waals surface area contributed by atoms with E-state index in [0.717, 1.165) is 21.9 Å². The summed E-state index contributed by atoms with van der Waals surface area (Å²) in [4.78, 5) is 10.3. The van der Waals surface area contributed by atoms with Crippen LogP contribution in [-0.2, 0) is 6.61 Å². The highest BCUT2D eigenvalue weighted by molar-refractivity contribution is 6.37. The predicted molar refractivity (Wildman–Crippen MR) is 131 cm³/mol. The smallest absolute Gasteiger partial charge is 0.269 e. The van der Waals surface area contributed by atoms with E-state index in [4.69, 9.17) is 27.9 Å². The molecule has 0 unspecified atom stereocenters. The van der Waals surface area contributed by atoms with E-state index in [1.54, 1.807) is 30.3 Å². The number of nitro benzene ring substituents is 1. The Kier molecular flexibility index (Phi) is 6.60. The summed E-state index contributed by atoms with van der Waals surface area (Å²) in [7, 11) is 0. The quantitative estimate of drug-likeness (QED) is 0.124. The first-order chi connectivity index (χ1) is 15.9. The number of rotatable bonds is 6. The molecule has 0 fully saturated rings. The number of benzene rings is 4. The fourth-order valence-corrected chi connectivity index (χ4v) is 3.99. The third-order valence-electron chi connectivity index (χ3n) is 5.04. The molecule has 4 aromatic rings. The van der Waals surface area contributed by atoms with Gasteiger partial charge in [-0.25, -0.2) is 0 Å². The number of nitriles is 1. The van der Waals surface area contributed by atoms with Crippen molar-refractivity contribution in [1.82, 2.24) is 0 Å². The number of non-ortho nitro benzene ring substituents is 1. The summed E-state index contributed by atoms with van der Waals surface area (Å²) in [6.07, 6.45) is 1.72. The predicted octanol–water partition coefficient (Wildman–Crippen LogP) is 7.70. The van der Waals surface area contributed by atoms with Gasteiger partial charge in [-0.3, -0.25) is 10.1 Å². The molecule has 0 atom stereocenters. The zero-order valence-electron chi connectivity index (χ0n) is 17.2. The lowest BCUT2D eigenvalue weighted by molar-refractivity contribution is -0.384. The van der Waals surface area contributed by atoms with E-state index in [9.17, 15) is 15.4 Å². The van der Waals surface area contributed by atoms with Crippen molar-refractivity contribution in [2.45, 2.75) is 6.61 Å². The summed E-state index contributed by atoms with van der Waals surface area (Å²) in [5, 5.41) is 23.2. The monoisotopic (exact) mass is 474 g/mol. The summed E-state index contributed by atoms with van der Waals surface area (Å²) in [6.45, 7) is 0.146. The summed E-state index contributed by atoms with van der Waals surface area (Å²) in [5.41, 5.74) is 2.68. The first kappa shape index (κ1) is 22.3. The number of fused-ring (bicyclic) bond motifs is 1. The molecule has 0 heterocycles. The van der Waals surface area contributed by atoms with Crippen LogP contribution in [0.25, 0.3) is 22.4 Å². The van der Waals surface area contributed by atoms with Gasteiger partial charge in [-0.2, -0.15) is 5.26 Å². The van der Waals surface area contributed by atoms with Gasteiger partial charge in [0.25, 0.3) is 5.69 Å². The molecule has 0 N–H and O–H groups in total. The number of nitrogens with zero attached hydrogens (tertiary/aromatic N) is 2. The van der Waals surface area contributed by atoms with E-state index in [-0.39, 0.29) is 12.3 Å². The minimum atomic E-state index is -0.460. The second-order valence-corrected chi connectivity index (χ2v) is 8.07. The second kappa shape index (κ2) is 9.74. The van der Waals surface area contributed by atoms with Gasteiger partial charge in [-0.1, -0.05) is 59.6 Å². The third kappa shape index (κ3) is 5.15. The van der Waals surface area contributed by atoms with Gasteiger partial charge in [0.05, 0.1) is 26.6 Å². The van der Waals surface area contributed by atoms with Crippen LogP contribution in [0.5, 0.6) is 5.75 Å². The molecular weight excluding hydrogens is 459 g/mol. The van der Waals surface area contributed by atoms with Crippen molar-refractivity contribution in [1.29, 1.82) is 5.26 Å². The number of hydrogen-bond acceptors (Lipinski definition) is 4. The van der Waals surface area contributed by atoms with Gasteiger partial charge < -0.3 is 4.74 Å². The van der Waals surface area contributed by atoms with Crippen molar-refractivity contribution in [3.63, 3.8) is 0 Å². The van der Waals surface area contributed by atoms with E-state index in [1.165, 1.54) is 12.1 Å². The van der Waals surface area contributed by atoms with Gasteiger partial charge in [0.2, 0.25) is 0 Å². The van der Waals surface area contributed by atoms with Gasteiger partial charge in [0.1, 0.15) is 6.61 Å². The molecular formula is C26H16Cl2N2O3. The lowest BCUT2D eigenvalue weighted by Gasteiger charge is -2.11. The van der Waals surface area contributed by atoms with Gasteiger partial charge in [0, 0.05) is 12.1 Å². The maximum atomic E-state index is 10.8. The molecule has 4 rings (SSSR count). The van der Waals surface area contributed by atoms with Crippen LogP contribution in [0.15, 0.2) is 78.9 Å². The van der Waals surface area contributed by atoms with Crippen molar-refractivity contribution in [2.24, 2.45) is 0 Å². The minimum absolute atomic E-state index is 0.00525. The van der Waals surface area contributed by atoms with Gasteiger partial charge >= 0.3 is 0 Å². The lowest BCUT2D eigenvalue weighted by Crippen LogP contribution is -1.97. The lowest BCUT2D eigenvalue weighted by atomic mass is 10.00. The van der Waals surface area contributed by atoms with Crippen LogP contribution in [-0.4, -0.2) is 4.92 Å².